The molecule has 2 aromatic carbocycles. The second kappa shape index (κ2) is 8.03. The SMILES string of the molecule is C=C1C(C2Cc3ccccc3C2)NC(=O)C(C)N1Cc1cccc(-c2cccnc2)c1. The number of hydrogen-bond donors (Lipinski definition) is 1. The van der Waals surface area contributed by atoms with Gasteiger partial charge in [0.15, 0.2) is 0 Å². The fraction of sp³-hybridized carbons (Fsp3) is 0.259. The molecule has 5 rings (SSSR count). The minimum Gasteiger partial charge on any atom is -0.358 e. The largest absolute Gasteiger partial charge is 0.358 e. The van der Waals surface area contributed by atoms with Crippen molar-refractivity contribution in [2.24, 2.45) is 5.92 Å². The van der Waals surface area contributed by atoms with Gasteiger partial charge in [-0.3, -0.25) is 9.78 Å². The first-order chi connectivity index (χ1) is 15.1. The fourth-order valence-corrected chi connectivity index (χ4v) is 4.96. The first-order valence-corrected chi connectivity index (χ1v) is 10.9. The Kier molecular flexibility index (Phi) is 5.06. The van der Waals surface area contributed by atoms with Gasteiger partial charge in [0.05, 0.1) is 6.04 Å². The summed E-state index contributed by atoms with van der Waals surface area (Å²) in [6.07, 6.45) is 5.63. The zero-order valence-electron chi connectivity index (χ0n) is 17.8. The molecule has 1 amide bonds. The van der Waals surface area contributed by atoms with Gasteiger partial charge in [0.2, 0.25) is 5.91 Å². The summed E-state index contributed by atoms with van der Waals surface area (Å²) in [4.78, 5) is 19.3. The number of fused-ring (bicyclic) bond motifs is 1. The lowest BCUT2D eigenvalue weighted by molar-refractivity contribution is -0.128. The number of pyridine rings is 1. The molecule has 1 aliphatic heterocycles. The third-order valence-corrected chi connectivity index (χ3v) is 6.70. The van der Waals surface area contributed by atoms with Crippen LogP contribution in [0.1, 0.15) is 23.6 Å². The molecular formula is C27H27N3O. The number of hydrogen-bond acceptors (Lipinski definition) is 3. The maximum absolute atomic E-state index is 12.9. The molecule has 0 bridgehead atoms. The molecule has 3 aromatic rings. The van der Waals surface area contributed by atoms with E-state index in [0.717, 1.165) is 35.2 Å². The number of rotatable bonds is 4. The summed E-state index contributed by atoms with van der Waals surface area (Å²) in [6, 6.07) is 20.8. The van der Waals surface area contributed by atoms with Gasteiger partial charge in [0.25, 0.3) is 0 Å². The lowest BCUT2D eigenvalue weighted by atomic mass is 9.90. The van der Waals surface area contributed by atoms with Gasteiger partial charge in [0.1, 0.15) is 6.04 Å². The number of aromatic nitrogens is 1. The Labute approximate surface area is 183 Å². The molecule has 4 nitrogen and oxygen atoms in total. The van der Waals surface area contributed by atoms with Crippen molar-refractivity contribution in [3.05, 3.63) is 102 Å². The molecule has 2 unspecified atom stereocenters. The van der Waals surface area contributed by atoms with Crippen molar-refractivity contribution in [3.63, 3.8) is 0 Å². The molecule has 156 valence electrons. The van der Waals surface area contributed by atoms with Crippen LogP contribution >= 0.6 is 0 Å². The quantitative estimate of drug-likeness (QED) is 0.696. The molecule has 0 saturated carbocycles. The van der Waals surface area contributed by atoms with Gasteiger partial charge < -0.3 is 10.2 Å². The van der Waals surface area contributed by atoms with Crippen molar-refractivity contribution in [2.45, 2.75) is 38.4 Å². The normalized spacial score (nSPS) is 21.1. The molecule has 4 heteroatoms. The number of piperazine rings is 1. The summed E-state index contributed by atoms with van der Waals surface area (Å²) in [5.41, 5.74) is 7.18. The summed E-state index contributed by atoms with van der Waals surface area (Å²) >= 11 is 0. The van der Waals surface area contributed by atoms with E-state index in [1.807, 2.05) is 19.2 Å². The van der Waals surface area contributed by atoms with Crippen molar-refractivity contribution in [1.82, 2.24) is 15.2 Å². The maximum atomic E-state index is 12.9. The van der Waals surface area contributed by atoms with Crippen LogP contribution in [-0.4, -0.2) is 27.9 Å². The standard InChI is InChI=1S/C27H27N3O/c1-18-26(25-14-22-8-3-4-9-23(22)15-25)29-27(31)19(2)30(18)17-20-7-5-10-21(13-20)24-11-6-12-28-16-24/h3-13,16,19,25-26H,1,14-15,17H2,2H3,(H,29,31). The first kappa shape index (κ1) is 19.6. The Balaban J connectivity index is 1.38. The van der Waals surface area contributed by atoms with Crippen molar-refractivity contribution < 1.29 is 4.79 Å². The zero-order chi connectivity index (χ0) is 21.4. The topological polar surface area (TPSA) is 45.2 Å². The van der Waals surface area contributed by atoms with Crippen molar-refractivity contribution in [2.75, 3.05) is 0 Å². The Bertz CT molecular complexity index is 1100. The molecule has 1 aromatic heterocycles. The van der Waals surface area contributed by atoms with Gasteiger partial charge in [-0.25, -0.2) is 0 Å². The molecular weight excluding hydrogens is 382 g/mol. The van der Waals surface area contributed by atoms with E-state index in [0.29, 0.717) is 12.5 Å². The molecule has 1 saturated heterocycles. The maximum Gasteiger partial charge on any atom is 0.242 e. The number of benzene rings is 2. The average Bonchev–Trinajstić information content (AvgIpc) is 3.24. The van der Waals surface area contributed by atoms with Crippen LogP contribution in [0.2, 0.25) is 0 Å². The highest BCUT2D eigenvalue weighted by atomic mass is 16.2. The third-order valence-electron chi connectivity index (χ3n) is 6.70. The molecule has 1 aliphatic carbocycles. The third kappa shape index (κ3) is 3.74. The van der Waals surface area contributed by atoms with Crippen LogP contribution in [0, 0.1) is 5.92 Å². The summed E-state index contributed by atoms with van der Waals surface area (Å²) in [5.74, 6) is 0.433. The monoisotopic (exact) mass is 409 g/mol. The van der Waals surface area contributed by atoms with Crippen molar-refractivity contribution in [3.8, 4) is 11.1 Å². The Morgan fingerprint density at radius 1 is 1.03 bits per heavy atom. The van der Waals surface area contributed by atoms with Crippen LogP contribution in [0.5, 0.6) is 0 Å². The highest BCUT2D eigenvalue weighted by Crippen LogP contribution is 2.34. The van der Waals surface area contributed by atoms with E-state index >= 15 is 0 Å². The highest BCUT2D eigenvalue weighted by molar-refractivity contribution is 5.83. The highest BCUT2D eigenvalue weighted by Gasteiger charge is 2.39. The van der Waals surface area contributed by atoms with Crippen LogP contribution < -0.4 is 5.32 Å². The second-order valence-corrected chi connectivity index (χ2v) is 8.66. The van der Waals surface area contributed by atoms with Crippen LogP contribution in [0.15, 0.2) is 85.3 Å². The predicted octanol–water partition coefficient (Wildman–Crippen LogP) is 4.37. The van der Waals surface area contributed by atoms with Crippen LogP contribution in [-0.2, 0) is 24.2 Å². The lowest BCUT2D eigenvalue weighted by Gasteiger charge is -2.43. The minimum atomic E-state index is -0.241. The van der Waals surface area contributed by atoms with Gasteiger partial charge in [0, 0.05) is 24.6 Å². The van der Waals surface area contributed by atoms with Gasteiger partial charge in [-0.15, -0.1) is 0 Å². The number of nitrogens with zero attached hydrogens (tertiary/aromatic N) is 2. The van der Waals surface area contributed by atoms with E-state index in [4.69, 9.17) is 0 Å². The van der Waals surface area contributed by atoms with E-state index in [1.165, 1.54) is 11.1 Å². The second-order valence-electron chi connectivity index (χ2n) is 8.66. The molecule has 0 radical (unpaired) electrons. The molecule has 2 aliphatic rings. The Morgan fingerprint density at radius 2 is 1.77 bits per heavy atom. The van der Waals surface area contributed by atoms with E-state index in [2.05, 4.69) is 76.4 Å². The predicted molar refractivity (Wildman–Crippen MR) is 123 cm³/mol. The number of amides is 1. The number of carbonyl (C=O) groups excluding carboxylic acids is 1. The van der Waals surface area contributed by atoms with E-state index in [9.17, 15) is 4.79 Å². The Hall–Kier alpha value is -3.40. The van der Waals surface area contributed by atoms with Crippen LogP contribution in [0.4, 0.5) is 0 Å². The van der Waals surface area contributed by atoms with E-state index in [1.54, 1.807) is 6.20 Å². The average molecular weight is 410 g/mol. The summed E-state index contributed by atoms with van der Waals surface area (Å²) in [7, 11) is 0. The van der Waals surface area contributed by atoms with Crippen molar-refractivity contribution in [1.29, 1.82) is 0 Å². The molecule has 2 atom stereocenters. The molecule has 1 N–H and O–H groups in total. The summed E-state index contributed by atoms with van der Waals surface area (Å²) < 4.78 is 0. The van der Waals surface area contributed by atoms with Crippen LogP contribution in [0.25, 0.3) is 11.1 Å². The lowest BCUT2D eigenvalue weighted by Crippen LogP contribution is -2.59. The van der Waals surface area contributed by atoms with Crippen LogP contribution in [0.3, 0.4) is 0 Å². The smallest absolute Gasteiger partial charge is 0.242 e. The van der Waals surface area contributed by atoms with E-state index < -0.39 is 0 Å². The summed E-state index contributed by atoms with van der Waals surface area (Å²) in [6.45, 7) is 7.08. The zero-order valence-corrected chi connectivity index (χ0v) is 17.8. The Morgan fingerprint density at radius 3 is 2.48 bits per heavy atom. The first-order valence-electron chi connectivity index (χ1n) is 10.9. The minimum absolute atomic E-state index is 0.0300. The number of carbonyl (C=O) groups is 1. The number of nitrogens with one attached hydrogen (secondary N) is 1. The van der Waals surface area contributed by atoms with Gasteiger partial charge >= 0.3 is 0 Å². The van der Waals surface area contributed by atoms with E-state index in [-0.39, 0.29) is 18.0 Å². The van der Waals surface area contributed by atoms with Gasteiger partial charge in [-0.05, 0) is 65.6 Å². The molecule has 2 heterocycles. The molecule has 31 heavy (non-hydrogen) atoms. The molecule has 1 fully saturated rings. The molecule has 0 spiro atoms. The summed E-state index contributed by atoms with van der Waals surface area (Å²) in [5, 5.41) is 3.26. The van der Waals surface area contributed by atoms with Gasteiger partial charge in [-0.2, -0.15) is 0 Å². The fourth-order valence-electron chi connectivity index (χ4n) is 4.96. The van der Waals surface area contributed by atoms with Crippen molar-refractivity contribution >= 4 is 5.91 Å². The van der Waals surface area contributed by atoms with Gasteiger partial charge in [-0.1, -0.05) is 55.1 Å².